The van der Waals surface area contributed by atoms with Crippen molar-refractivity contribution in [2.75, 3.05) is 0 Å². The first-order chi connectivity index (χ1) is 13.2. The summed E-state index contributed by atoms with van der Waals surface area (Å²) in [6, 6.07) is 28.6. The minimum atomic E-state index is -0.885. The summed E-state index contributed by atoms with van der Waals surface area (Å²) >= 11 is 0. The van der Waals surface area contributed by atoms with Crippen molar-refractivity contribution in [2.24, 2.45) is 5.73 Å². The third kappa shape index (κ3) is 3.96. The molecule has 0 radical (unpaired) electrons. The maximum atomic E-state index is 12.8. The highest BCUT2D eigenvalue weighted by atomic mass is 16.2. The van der Waals surface area contributed by atoms with Gasteiger partial charge in [-0.2, -0.15) is 0 Å². The molecular weight excluding hydrogens is 336 g/mol. The molecule has 0 saturated heterocycles. The van der Waals surface area contributed by atoms with Crippen LogP contribution in [0.5, 0.6) is 0 Å². The first kappa shape index (κ1) is 18.5. The number of carbonyl (C=O) groups is 2. The molecule has 3 aromatic rings. The van der Waals surface area contributed by atoms with Gasteiger partial charge < -0.3 is 15.8 Å². The van der Waals surface area contributed by atoms with E-state index in [1.807, 2.05) is 91.0 Å². The van der Waals surface area contributed by atoms with E-state index in [-0.39, 0.29) is 12.3 Å². The van der Waals surface area contributed by atoms with Crippen LogP contribution in [0.1, 0.15) is 23.1 Å². The second-order valence-corrected chi connectivity index (χ2v) is 6.40. The summed E-state index contributed by atoms with van der Waals surface area (Å²) in [7, 11) is 0. The molecule has 0 aliphatic carbocycles. The summed E-state index contributed by atoms with van der Waals surface area (Å²) in [6.45, 7) is 0. The van der Waals surface area contributed by atoms with Crippen molar-refractivity contribution in [1.29, 1.82) is 0 Å². The minimum Gasteiger partial charge on any atom is -0.338 e. The van der Waals surface area contributed by atoms with Gasteiger partial charge in [0.2, 0.25) is 5.91 Å². The topological polar surface area (TPSA) is 72.2 Å². The molecule has 3 N–H and O–H groups in total. The van der Waals surface area contributed by atoms with E-state index >= 15 is 0 Å². The molecule has 0 aromatic heterocycles. The van der Waals surface area contributed by atoms with Crippen LogP contribution >= 0.6 is 0 Å². The van der Waals surface area contributed by atoms with Gasteiger partial charge in [-0.1, -0.05) is 91.0 Å². The molecule has 3 rings (SSSR count). The van der Waals surface area contributed by atoms with Crippen molar-refractivity contribution < 1.29 is 9.59 Å². The largest absolute Gasteiger partial charge is 0.338 e. The highest BCUT2D eigenvalue weighted by molar-refractivity contribution is 5.82. The zero-order valence-corrected chi connectivity index (χ0v) is 14.9. The SMILES string of the molecule is N[C@H](C=O)CC(=O)NC(c1ccccc1)(c1ccccc1)c1ccccc1. The molecule has 0 fully saturated rings. The Kier molecular flexibility index (Phi) is 5.79. The molecule has 1 amide bonds. The van der Waals surface area contributed by atoms with Gasteiger partial charge in [0.1, 0.15) is 11.8 Å². The lowest BCUT2D eigenvalue weighted by atomic mass is 9.77. The maximum Gasteiger partial charge on any atom is 0.223 e. The summed E-state index contributed by atoms with van der Waals surface area (Å²) in [6.07, 6.45) is 0.520. The quantitative estimate of drug-likeness (QED) is 0.504. The second-order valence-electron chi connectivity index (χ2n) is 6.40. The summed E-state index contributed by atoms with van der Waals surface area (Å²) in [4.78, 5) is 23.7. The first-order valence-electron chi connectivity index (χ1n) is 8.85. The number of benzene rings is 3. The van der Waals surface area contributed by atoms with Crippen molar-refractivity contribution in [3.05, 3.63) is 108 Å². The fourth-order valence-electron chi connectivity index (χ4n) is 3.30. The fraction of sp³-hybridized carbons (Fsp3) is 0.130. The van der Waals surface area contributed by atoms with E-state index in [2.05, 4.69) is 5.32 Å². The van der Waals surface area contributed by atoms with Gasteiger partial charge >= 0.3 is 0 Å². The number of hydrogen-bond donors (Lipinski definition) is 2. The monoisotopic (exact) mass is 358 g/mol. The first-order valence-corrected chi connectivity index (χ1v) is 8.85. The summed E-state index contributed by atoms with van der Waals surface area (Å²) in [5.41, 5.74) is 7.57. The van der Waals surface area contributed by atoms with Crippen LogP contribution < -0.4 is 11.1 Å². The predicted molar refractivity (Wildman–Crippen MR) is 106 cm³/mol. The second kappa shape index (κ2) is 8.43. The molecule has 0 aliphatic rings. The molecule has 4 nitrogen and oxygen atoms in total. The van der Waals surface area contributed by atoms with Gasteiger partial charge in [0.05, 0.1) is 6.04 Å². The van der Waals surface area contributed by atoms with E-state index in [1.165, 1.54) is 0 Å². The highest BCUT2D eigenvalue weighted by Crippen LogP contribution is 2.36. The highest BCUT2D eigenvalue weighted by Gasteiger charge is 2.37. The summed E-state index contributed by atoms with van der Waals surface area (Å²) < 4.78 is 0. The Morgan fingerprint density at radius 1 is 0.815 bits per heavy atom. The normalized spacial score (nSPS) is 12.2. The van der Waals surface area contributed by atoms with Gasteiger partial charge in [-0.3, -0.25) is 4.79 Å². The van der Waals surface area contributed by atoms with Crippen LogP contribution in [0.2, 0.25) is 0 Å². The number of hydrogen-bond acceptors (Lipinski definition) is 3. The van der Waals surface area contributed by atoms with E-state index < -0.39 is 11.6 Å². The van der Waals surface area contributed by atoms with E-state index in [0.29, 0.717) is 6.29 Å². The Balaban J connectivity index is 2.20. The number of amides is 1. The third-order valence-electron chi connectivity index (χ3n) is 4.54. The van der Waals surface area contributed by atoms with Gasteiger partial charge in [-0.05, 0) is 16.7 Å². The molecule has 0 heterocycles. The van der Waals surface area contributed by atoms with E-state index in [9.17, 15) is 9.59 Å². The van der Waals surface area contributed by atoms with Gasteiger partial charge in [-0.25, -0.2) is 0 Å². The zero-order chi connectivity index (χ0) is 19.1. The molecule has 0 spiro atoms. The molecule has 1 atom stereocenters. The Morgan fingerprint density at radius 3 is 1.52 bits per heavy atom. The zero-order valence-electron chi connectivity index (χ0n) is 14.9. The number of nitrogens with two attached hydrogens (primary N) is 1. The van der Waals surface area contributed by atoms with Gasteiger partial charge in [0.25, 0.3) is 0 Å². The number of aldehydes is 1. The molecule has 0 bridgehead atoms. The van der Waals surface area contributed by atoms with Crippen LogP contribution in [0.4, 0.5) is 0 Å². The lowest BCUT2D eigenvalue weighted by molar-refractivity contribution is -0.124. The smallest absolute Gasteiger partial charge is 0.223 e. The van der Waals surface area contributed by atoms with Crippen LogP contribution in [-0.2, 0) is 15.1 Å². The molecule has 0 aliphatic heterocycles. The minimum absolute atomic E-state index is 0.0717. The molecular formula is C23H22N2O2. The van der Waals surface area contributed by atoms with Crippen LogP contribution in [0.25, 0.3) is 0 Å². The summed E-state index contributed by atoms with van der Waals surface area (Å²) in [5.74, 6) is -0.286. The predicted octanol–water partition coefficient (Wildman–Crippen LogP) is 3.01. The van der Waals surface area contributed by atoms with Crippen LogP contribution in [0.3, 0.4) is 0 Å². The number of rotatable bonds is 7. The van der Waals surface area contributed by atoms with Crippen molar-refractivity contribution in [3.8, 4) is 0 Å². The van der Waals surface area contributed by atoms with Crippen molar-refractivity contribution >= 4 is 12.2 Å². The van der Waals surface area contributed by atoms with Crippen molar-refractivity contribution in [1.82, 2.24) is 5.32 Å². The lowest BCUT2D eigenvalue weighted by Gasteiger charge is -2.37. The Morgan fingerprint density at radius 2 is 1.19 bits per heavy atom. The average molecular weight is 358 g/mol. The molecule has 136 valence electrons. The molecule has 0 saturated carbocycles. The van der Waals surface area contributed by atoms with Crippen molar-refractivity contribution in [3.63, 3.8) is 0 Å². The van der Waals surface area contributed by atoms with Crippen LogP contribution in [0, 0.1) is 0 Å². The van der Waals surface area contributed by atoms with Crippen molar-refractivity contribution in [2.45, 2.75) is 18.0 Å². The van der Waals surface area contributed by atoms with Crippen LogP contribution in [0.15, 0.2) is 91.0 Å². The Hall–Kier alpha value is -3.24. The summed E-state index contributed by atoms with van der Waals surface area (Å²) in [5, 5.41) is 3.17. The maximum absolute atomic E-state index is 12.8. The van der Waals surface area contributed by atoms with Gasteiger partial charge in [-0.15, -0.1) is 0 Å². The van der Waals surface area contributed by atoms with Gasteiger partial charge in [0.15, 0.2) is 0 Å². The average Bonchev–Trinajstić information content (AvgIpc) is 2.74. The van der Waals surface area contributed by atoms with E-state index in [0.717, 1.165) is 16.7 Å². The molecule has 4 heteroatoms. The molecule has 27 heavy (non-hydrogen) atoms. The fourth-order valence-corrected chi connectivity index (χ4v) is 3.30. The van der Waals surface area contributed by atoms with E-state index in [4.69, 9.17) is 5.73 Å². The Bertz CT molecular complexity index is 783. The Labute approximate surface area is 159 Å². The third-order valence-corrected chi connectivity index (χ3v) is 4.54. The van der Waals surface area contributed by atoms with Gasteiger partial charge in [0, 0.05) is 6.42 Å². The van der Waals surface area contributed by atoms with Crippen LogP contribution in [-0.4, -0.2) is 18.2 Å². The number of nitrogens with one attached hydrogen (secondary N) is 1. The molecule has 3 aromatic carbocycles. The standard InChI is InChI=1S/C23H22N2O2/c24-21(17-26)16-22(27)25-23(18-10-4-1-5-11-18,19-12-6-2-7-13-19)20-14-8-3-9-15-20/h1-15,17,21H,16,24H2,(H,25,27)/t21-/m0/s1. The molecule has 0 unspecified atom stereocenters. The van der Waals surface area contributed by atoms with E-state index in [1.54, 1.807) is 0 Å². The lowest BCUT2D eigenvalue weighted by Crippen LogP contribution is -2.49. The number of carbonyl (C=O) groups excluding carboxylic acids is 2.